The number of hydroxylamine groups is 1. The highest BCUT2D eigenvalue weighted by Crippen LogP contribution is 2.23. The van der Waals surface area contributed by atoms with Crippen LogP contribution >= 0.6 is 0 Å². The van der Waals surface area contributed by atoms with E-state index in [1.807, 2.05) is 30.3 Å². The van der Waals surface area contributed by atoms with Gasteiger partial charge in [0.15, 0.2) is 6.29 Å². The van der Waals surface area contributed by atoms with Crippen molar-refractivity contribution in [3.05, 3.63) is 42.0 Å². The van der Waals surface area contributed by atoms with Crippen LogP contribution in [0.15, 0.2) is 36.4 Å². The lowest BCUT2D eigenvalue weighted by atomic mass is 10.00. The number of nitrogens with one attached hydrogen (secondary N) is 1. The molecular weight excluding hydrogens is 302 g/mol. The zero-order valence-electron chi connectivity index (χ0n) is 13.0. The summed E-state index contributed by atoms with van der Waals surface area (Å²) in [6.07, 6.45) is -1.99. The lowest BCUT2D eigenvalue weighted by molar-refractivity contribution is -0.299. The highest BCUT2D eigenvalue weighted by Gasteiger charge is 2.44. The molecule has 1 amide bonds. The van der Waals surface area contributed by atoms with Gasteiger partial charge in [0.2, 0.25) is 0 Å². The zero-order chi connectivity index (χ0) is 16.8. The monoisotopic (exact) mass is 323 g/mol. The van der Waals surface area contributed by atoms with Gasteiger partial charge in [0, 0.05) is 13.2 Å². The third kappa shape index (κ3) is 4.60. The van der Waals surface area contributed by atoms with E-state index in [0.717, 1.165) is 5.56 Å². The molecule has 0 spiro atoms. The van der Waals surface area contributed by atoms with Crippen molar-refractivity contribution in [3.63, 3.8) is 0 Å². The van der Waals surface area contributed by atoms with E-state index in [1.54, 1.807) is 13.0 Å². The highest BCUT2D eigenvalue weighted by molar-refractivity contribution is 5.90. The van der Waals surface area contributed by atoms with Crippen molar-refractivity contribution in [1.82, 2.24) is 5.48 Å². The summed E-state index contributed by atoms with van der Waals surface area (Å²) in [4.78, 5) is 16.9. The summed E-state index contributed by atoms with van der Waals surface area (Å²) >= 11 is 0. The molecule has 0 radical (unpaired) electrons. The van der Waals surface area contributed by atoms with Crippen LogP contribution in [0.4, 0.5) is 0 Å². The van der Waals surface area contributed by atoms with Crippen LogP contribution in [0.2, 0.25) is 0 Å². The Balaban J connectivity index is 1.87. The Labute approximate surface area is 134 Å². The van der Waals surface area contributed by atoms with Gasteiger partial charge in [0.05, 0.1) is 6.10 Å². The van der Waals surface area contributed by atoms with Gasteiger partial charge >= 0.3 is 0 Å². The molecule has 3 N–H and O–H groups in total. The Hall–Kier alpha value is -1.77. The van der Waals surface area contributed by atoms with Crippen molar-refractivity contribution in [2.75, 3.05) is 7.11 Å². The highest BCUT2D eigenvalue weighted by atomic mass is 16.7. The second-order valence-corrected chi connectivity index (χ2v) is 5.22. The normalized spacial score (nSPS) is 31.2. The van der Waals surface area contributed by atoms with Gasteiger partial charge in [-0.1, -0.05) is 30.3 Å². The van der Waals surface area contributed by atoms with Crippen LogP contribution in [-0.2, 0) is 19.1 Å². The number of aliphatic hydroxyl groups excluding tert-OH is 2. The molecule has 1 saturated heterocycles. The summed E-state index contributed by atoms with van der Waals surface area (Å²) in [6.45, 7) is 1.65. The number of hydrogen-bond acceptors (Lipinski definition) is 6. The van der Waals surface area contributed by atoms with Crippen molar-refractivity contribution in [2.45, 2.75) is 37.6 Å². The molecule has 1 fully saturated rings. The number of benzene rings is 1. The number of rotatable bonds is 5. The van der Waals surface area contributed by atoms with Gasteiger partial charge < -0.3 is 19.7 Å². The van der Waals surface area contributed by atoms with Crippen molar-refractivity contribution >= 4 is 12.0 Å². The summed E-state index contributed by atoms with van der Waals surface area (Å²) in [5.41, 5.74) is 3.09. The number of carbonyl (C=O) groups is 1. The molecule has 7 nitrogen and oxygen atoms in total. The van der Waals surface area contributed by atoms with E-state index in [4.69, 9.17) is 14.3 Å². The predicted molar refractivity (Wildman–Crippen MR) is 81.8 cm³/mol. The van der Waals surface area contributed by atoms with Crippen LogP contribution in [0.5, 0.6) is 0 Å². The van der Waals surface area contributed by atoms with Gasteiger partial charge in [-0.3, -0.25) is 9.63 Å². The van der Waals surface area contributed by atoms with Crippen molar-refractivity contribution in [1.29, 1.82) is 0 Å². The predicted octanol–water partition coefficient (Wildman–Crippen LogP) is 0.229. The van der Waals surface area contributed by atoms with Crippen molar-refractivity contribution in [2.24, 2.45) is 0 Å². The van der Waals surface area contributed by atoms with Gasteiger partial charge in [-0.2, -0.15) is 0 Å². The summed E-state index contributed by atoms with van der Waals surface area (Å²) in [7, 11) is 1.37. The van der Waals surface area contributed by atoms with Crippen LogP contribution < -0.4 is 5.48 Å². The van der Waals surface area contributed by atoms with Gasteiger partial charge in [0.25, 0.3) is 5.91 Å². The summed E-state index contributed by atoms with van der Waals surface area (Å²) < 4.78 is 10.3. The van der Waals surface area contributed by atoms with E-state index in [9.17, 15) is 15.0 Å². The molecular formula is C16H21NO6. The maximum absolute atomic E-state index is 11.7. The molecule has 5 atom stereocenters. The van der Waals surface area contributed by atoms with Crippen LogP contribution in [0.3, 0.4) is 0 Å². The lowest BCUT2D eigenvalue weighted by Crippen LogP contribution is -2.59. The fourth-order valence-corrected chi connectivity index (χ4v) is 2.26. The number of methoxy groups -OCH3 is 1. The molecule has 23 heavy (non-hydrogen) atoms. The number of aliphatic hydroxyl groups is 2. The molecule has 1 aromatic carbocycles. The van der Waals surface area contributed by atoms with Gasteiger partial charge in [-0.15, -0.1) is 0 Å². The minimum atomic E-state index is -1.27. The third-order valence-corrected chi connectivity index (χ3v) is 3.53. The van der Waals surface area contributed by atoms with Crippen LogP contribution in [0.1, 0.15) is 12.5 Å². The minimum Gasteiger partial charge on any atom is -0.387 e. The number of hydrogen-bond donors (Lipinski definition) is 3. The lowest BCUT2D eigenvalue weighted by Gasteiger charge is -2.39. The maximum atomic E-state index is 11.7. The molecule has 1 aromatic rings. The molecule has 0 aromatic heterocycles. The van der Waals surface area contributed by atoms with E-state index in [1.165, 1.54) is 13.2 Å². The Morgan fingerprint density at radius 3 is 2.61 bits per heavy atom. The van der Waals surface area contributed by atoms with E-state index < -0.39 is 36.6 Å². The topological polar surface area (TPSA) is 97.2 Å². The molecule has 1 aliphatic heterocycles. The first-order chi connectivity index (χ1) is 11.0. The quantitative estimate of drug-likeness (QED) is 0.530. The van der Waals surface area contributed by atoms with Crippen LogP contribution in [-0.4, -0.2) is 53.9 Å². The van der Waals surface area contributed by atoms with Gasteiger partial charge in [0.1, 0.15) is 18.3 Å². The molecule has 2 rings (SSSR count). The standard InChI is InChI=1S/C16H21NO6/c1-10-15(13(19)14(20)16(21-2)22-10)23-17-12(18)9-8-11-6-4-3-5-7-11/h3-10,13-16,19-20H,1-2H3,(H,17,18). The smallest absolute Gasteiger partial charge is 0.267 e. The average Bonchev–Trinajstić information content (AvgIpc) is 2.57. The molecule has 1 heterocycles. The Bertz CT molecular complexity index is 535. The fraction of sp³-hybridized carbons (Fsp3) is 0.438. The van der Waals surface area contributed by atoms with Crippen molar-refractivity contribution < 1.29 is 29.3 Å². The van der Waals surface area contributed by atoms with Crippen LogP contribution in [0, 0.1) is 0 Å². The number of ether oxygens (including phenoxy) is 2. The third-order valence-electron chi connectivity index (χ3n) is 3.53. The Morgan fingerprint density at radius 1 is 1.26 bits per heavy atom. The number of amides is 1. The average molecular weight is 323 g/mol. The zero-order valence-corrected chi connectivity index (χ0v) is 13.0. The molecule has 126 valence electrons. The Kier molecular flexibility index (Phi) is 6.26. The fourth-order valence-electron chi connectivity index (χ4n) is 2.26. The molecule has 7 heteroatoms. The summed E-state index contributed by atoms with van der Waals surface area (Å²) in [5, 5.41) is 19.9. The SMILES string of the molecule is COC1OC(C)C(ONC(=O)C=Cc2ccccc2)C(O)C1O. The second kappa shape index (κ2) is 8.19. The second-order valence-electron chi connectivity index (χ2n) is 5.22. The minimum absolute atomic E-state index is 0.489. The van der Waals surface area contributed by atoms with Gasteiger partial charge in [-0.05, 0) is 18.6 Å². The van der Waals surface area contributed by atoms with Crippen molar-refractivity contribution in [3.8, 4) is 0 Å². The van der Waals surface area contributed by atoms with E-state index >= 15 is 0 Å². The van der Waals surface area contributed by atoms with E-state index in [2.05, 4.69) is 5.48 Å². The first kappa shape index (κ1) is 17.6. The largest absolute Gasteiger partial charge is 0.387 e. The summed E-state index contributed by atoms with van der Waals surface area (Å²) in [6, 6.07) is 9.31. The molecule has 0 bridgehead atoms. The van der Waals surface area contributed by atoms with Gasteiger partial charge in [-0.25, -0.2) is 5.48 Å². The van der Waals surface area contributed by atoms with E-state index in [0.29, 0.717) is 0 Å². The Morgan fingerprint density at radius 2 is 1.96 bits per heavy atom. The van der Waals surface area contributed by atoms with Crippen LogP contribution in [0.25, 0.3) is 6.08 Å². The first-order valence-electron chi connectivity index (χ1n) is 7.26. The molecule has 5 unspecified atom stereocenters. The first-order valence-corrected chi connectivity index (χ1v) is 7.26. The van der Waals surface area contributed by atoms with E-state index in [-0.39, 0.29) is 0 Å². The summed E-state index contributed by atoms with van der Waals surface area (Å²) in [5.74, 6) is -0.489. The molecule has 0 saturated carbocycles. The molecule has 0 aliphatic carbocycles. The maximum Gasteiger partial charge on any atom is 0.267 e. The number of carbonyl (C=O) groups excluding carboxylic acids is 1. The molecule has 1 aliphatic rings.